The van der Waals surface area contributed by atoms with Crippen molar-refractivity contribution in [2.45, 2.75) is 51.4 Å². The van der Waals surface area contributed by atoms with Gasteiger partial charge in [-0.2, -0.15) is 0 Å². The number of nitrogens with zero attached hydrogens (tertiary/aromatic N) is 1. The molecule has 0 bridgehead atoms. The minimum atomic E-state index is -0.353. The van der Waals surface area contributed by atoms with E-state index in [1.807, 2.05) is 55.6 Å². The minimum absolute atomic E-state index is 0.147. The molecule has 0 saturated heterocycles. The smallest absolute Gasteiger partial charge is 0.407 e. The zero-order valence-corrected chi connectivity index (χ0v) is 14.5. The van der Waals surface area contributed by atoms with E-state index >= 15 is 0 Å². The van der Waals surface area contributed by atoms with E-state index in [-0.39, 0.29) is 18.2 Å². The van der Waals surface area contributed by atoms with Crippen molar-refractivity contribution in [2.24, 2.45) is 0 Å². The zero-order valence-electron chi connectivity index (χ0n) is 14.5. The highest BCUT2D eigenvalue weighted by molar-refractivity contribution is 5.67. The van der Waals surface area contributed by atoms with Crippen molar-refractivity contribution in [1.82, 2.24) is 10.3 Å². The zero-order chi connectivity index (χ0) is 17.5. The van der Waals surface area contributed by atoms with Crippen LogP contribution >= 0.6 is 0 Å². The lowest BCUT2D eigenvalue weighted by Crippen LogP contribution is -2.40. The maximum absolute atomic E-state index is 11.9. The fourth-order valence-corrected chi connectivity index (χ4v) is 2.95. The molecule has 5 heteroatoms. The Kier molecular flexibility index (Phi) is 5.88. The van der Waals surface area contributed by atoms with Gasteiger partial charge in [0.1, 0.15) is 12.7 Å². The van der Waals surface area contributed by atoms with Crippen molar-refractivity contribution < 1.29 is 14.3 Å². The lowest BCUT2D eigenvalue weighted by atomic mass is 9.93. The Balaban J connectivity index is 1.37. The van der Waals surface area contributed by atoms with E-state index in [0.717, 1.165) is 36.8 Å². The van der Waals surface area contributed by atoms with Gasteiger partial charge in [0, 0.05) is 18.3 Å². The van der Waals surface area contributed by atoms with Crippen molar-refractivity contribution in [3.8, 4) is 5.88 Å². The molecule has 1 heterocycles. The number of pyridine rings is 1. The van der Waals surface area contributed by atoms with Gasteiger partial charge < -0.3 is 14.8 Å². The van der Waals surface area contributed by atoms with Crippen molar-refractivity contribution in [1.29, 1.82) is 0 Å². The molecule has 0 unspecified atom stereocenters. The monoisotopic (exact) mass is 340 g/mol. The van der Waals surface area contributed by atoms with Crippen LogP contribution in [0.2, 0.25) is 0 Å². The summed E-state index contributed by atoms with van der Waals surface area (Å²) in [6.07, 6.45) is 5.19. The first kappa shape index (κ1) is 17.3. The Labute approximate surface area is 148 Å². The Morgan fingerprint density at radius 1 is 1.12 bits per heavy atom. The van der Waals surface area contributed by atoms with Gasteiger partial charge in [0.15, 0.2) is 0 Å². The van der Waals surface area contributed by atoms with Crippen LogP contribution in [-0.2, 0) is 11.3 Å². The van der Waals surface area contributed by atoms with Crippen molar-refractivity contribution in [3.63, 3.8) is 0 Å². The topological polar surface area (TPSA) is 60.5 Å². The molecule has 2 aromatic rings. The molecule has 0 spiro atoms. The Morgan fingerprint density at radius 2 is 1.88 bits per heavy atom. The fraction of sp³-hybridized carbons (Fsp3) is 0.400. The summed E-state index contributed by atoms with van der Waals surface area (Å²) in [5.74, 6) is 0.671. The first-order chi connectivity index (χ1) is 12.2. The van der Waals surface area contributed by atoms with Gasteiger partial charge in [-0.25, -0.2) is 9.78 Å². The highest BCUT2D eigenvalue weighted by Crippen LogP contribution is 2.23. The van der Waals surface area contributed by atoms with Crippen LogP contribution in [0.15, 0.2) is 48.7 Å². The molecule has 1 fully saturated rings. The van der Waals surface area contributed by atoms with Crippen molar-refractivity contribution in [2.75, 3.05) is 0 Å². The Bertz CT molecular complexity index is 665. The number of nitrogens with one attached hydrogen (secondary N) is 1. The average Bonchev–Trinajstić information content (AvgIpc) is 2.64. The van der Waals surface area contributed by atoms with E-state index in [1.54, 1.807) is 0 Å². The van der Waals surface area contributed by atoms with Gasteiger partial charge in [-0.3, -0.25) is 0 Å². The third kappa shape index (κ3) is 5.48. The third-order valence-corrected chi connectivity index (χ3v) is 4.38. The van der Waals surface area contributed by atoms with Gasteiger partial charge in [-0.05, 0) is 43.7 Å². The standard InChI is InChI=1S/C20H24N2O3/c1-15-7-12-19(21-13-15)25-18-10-8-17(9-11-18)22-20(23)24-14-16-5-3-2-4-6-16/h2-7,12-13,17-18H,8-11,14H2,1H3,(H,22,23). The molecule has 3 rings (SSSR count). The van der Waals surface area contributed by atoms with Gasteiger partial charge >= 0.3 is 6.09 Å². The van der Waals surface area contributed by atoms with Gasteiger partial charge in [0.05, 0.1) is 0 Å². The summed E-state index contributed by atoms with van der Waals surface area (Å²) in [6.45, 7) is 2.30. The second-order valence-electron chi connectivity index (χ2n) is 6.47. The number of amides is 1. The molecule has 1 aromatic heterocycles. The van der Waals surface area contributed by atoms with E-state index < -0.39 is 0 Å². The van der Waals surface area contributed by atoms with Crippen LogP contribution in [0.3, 0.4) is 0 Å². The van der Waals surface area contributed by atoms with Crippen LogP contribution in [0.25, 0.3) is 0 Å². The molecule has 1 saturated carbocycles. The van der Waals surface area contributed by atoms with Crippen LogP contribution < -0.4 is 10.1 Å². The molecule has 0 aliphatic heterocycles. The molecular formula is C20H24N2O3. The molecule has 132 valence electrons. The van der Waals surface area contributed by atoms with Crippen LogP contribution in [0, 0.1) is 6.92 Å². The highest BCUT2D eigenvalue weighted by Gasteiger charge is 2.24. The number of benzene rings is 1. The SMILES string of the molecule is Cc1ccc(OC2CCC(NC(=O)OCc3ccccc3)CC2)nc1. The van der Waals surface area contributed by atoms with Crippen LogP contribution in [0.4, 0.5) is 4.79 Å². The number of aryl methyl sites for hydroxylation is 1. The second kappa shape index (κ2) is 8.51. The molecule has 25 heavy (non-hydrogen) atoms. The lowest BCUT2D eigenvalue weighted by Gasteiger charge is -2.28. The van der Waals surface area contributed by atoms with E-state index in [2.05, 4.69) is 10.3 Å². The summed E-state index contributed by atoms with van der Waals surface area (Å²) >= 11 is 0. The number of aromatic nitrogens is 1. The van der Waals surface area contributed by atoms with E-state index in [9.17, 15) is 4.79 Å². The molecule has 1 N–H and O–H groups in total. The molecule has 1 aliphatic rings. The van der Waals surface area contributed by atoms with Crippen LogP contribution in [-0.4, -0.2) is 23.2 Å². The first-order valence-electron chi connectivity index (χ1n) is 8.75. The minimum Gasteiger partial charge on any atom is -0.474 e. The average molecular weight is 340 g/mol. The number of hydrogen-bond donors (Lipinski definition) is 1. The molecule has 0 radical (unpaired) electrons. The van der Waals surface area contributed by atoms with Gasteiger partial charge in [0.25, 0.3) is 0 Å². The summed E-state index contributed by atoms with van der Waals surface area (Å²) in [4.78, 5) is 16.2. The third-order valence-electron chi connectivity index (χ3n) is 4.38. The number of alkyl carbamates (subject to hydrolysis) is 1. The fourth-order valence-electron chi connectivity index (χ4n) is 2.95. The number of carbonyl (C=O) groups excluding carboxylic acids is 1. The van der Waals surface area contributed by atoms with Gasteiger partial charge in [-0.15, -0.1) is 0 Å². The predicted octanol–water partition coefficient (Wildman–Crippen LogP) is 4.01. The molecular weight excluding hydrogens is 316 g/mol. The number of ether oxygens (including phenoxy) is 2. The number of rotatable bonds is 5. The maximum atomic E-state index is 11.9. The molecule has 1 amide bonds. The summed E-state index contributed by atoms with van der Waals surface area (Å²) in [5.41, 5.74) is 2.11. The van der Waals surface area contributed by atoms with Crippen molar-refractivity contribution >= 4 is 6.09 Å². The number of carbonyl (C=O) groups is 1. The lowest BCUT2D eigenvalue weighted by molar-refractivity contribution is 0.114. The molecule has 5 nitrogen and oxygen atoms in total. The van der Waals surface area contributed by atoms with E-state index in [4.69, 9.17) is 9.47 Å². The quantitative estimate of drug-likeness (QED) is 0.893. The maximum Gasteiger partial charge on any atom is 0.407 e. The molecule has 0 atom stereocenters. The van der Waals surface area contributed by atoms with Crippen molar-refractivity contribution in [3.05, 3.63) is 59.8 Å². The Morgan fingerprint density at radius 3 is 2.56 bits per heavy atom. The number of hydrogen-bond acceptors (Lipinski definition) is 4. The Hall–Kier alpha value is -2.56. The summed E-state index contributed by atoms with van der Waals surface area (Å²) in [7, 11) is 0. The normalized spacial score (nSPS) is 19.9. The predicted molar refractivity (Wildman–Crippen MR) is 95.4 cm³/mol. The van der Waals surface area contributed by atoms with E-state index in [0.29, 0.717) is 12.5 Å². The highest BCUT2D eigenvalue weighted by atomic mass is 16.5. The largest absolute Gasteiger partial charge is 0.474 e. The summed E-state index contributed by atoms with van der Waals surface area (Å²) < 4.78 is 11.2. The van der Waals surface area contributed by atoms with Gasteiger partial charge in [0.2, 0.25) is 5.88 Å². The van der Waals surface area contributed by atoms with Crippen LogP contribution in [0.1, 0.15) is 36.8 Å². The second-order valence-corrected chi connectivity index (χ2v) is 6.47. The van der Waals surface area contributed by atoms with E-state index in [1.165, 1.54) is 0 Å². The summed E-state index contributed by atoms with van der Waals surface area (Å²) in [5, 5.41) is 2.95. The summed E-state index contributed by atoms with van der Waals surface area (Å²) in [6, 6.07) is 13.7. The van der Waals surface area contributed by atoms with Crippen LogP contribution in [0.5, 0.6) is 5.88 Å². The first-order valence-corrected chi connectivity index (χ1v) is 8.75. The molecule has 1 aromatic carbocycles. The van der Waals surface area contributed by atoms with Gasteiger partial charge in [-0.1, -0.05) is 36.4 Å². The molecule has 1 aliphatic carbocycles.